The summed E-state index contributed by atoms with van der Waals surface area (Å²) in [6.07, 6.45) is 1.55. The first-order chi connectivity index (χ1) is 5.24. The molecule has 0 saturated heterocycles. The molecule has 0 aliphatic carbocycles. The monoisotopic (exact) mass is 156 g/mol. The number of alkyl halides is 1. The Balaban J connectivity index is 3.00. The number of nitrogens with zero attached hydrogens (tertiary/aromatic N) is 2. The van der Waals surface area contributed by atoms with Gasteiger partial charge in [-0.05, 0) is 13.0 Å². The average Bonchev–Trinajstić information content (AvgIpc) is 1.95. The second-order valence-electron chi connectivity index (χ2n) is 2.23. The van der Waals surface area contributed by atoms with Gasteiger partial charge in [-0.3, -0.25) is 4.57 Å². The maximum atomic E-state index is 11.8. The van der Waals surface area contributed by atoms with Crippen molar-refractivity contribution >= 4 is 0 Å². The van der Waals surface area contributed by atoms with E-state index >= 15 is 0 Å². The molecule has 3 nitrogen and oxygen atoms in total. The highest BCUT2D eigenvalue weighted by molar-refractivity contribution is 4.95. The Morgan fingerprint density at radius 3 is 3.00 bits per heavy atom. The predicted molar refractivity (Wildman–Crippen MR) is 39.2 cm³/mol. The van der Waals surface area contributed by atoms with E-state index in [0.717, 1.165) is 0 Å². The van der Waals surface area contributed by atoms with E-state index in [1.165, 1.54) is 4.57 Å². The maximum Gasteiger partial charge on any atom is 0.347 e. The highest BCUT2D eigenvalue weighted by Gasteiger charge is 1.94. The van der Waals surface area contributed by atoms with E-state index in [9.17, 15) is 9.18 Å². The van der Waals surface area contributed by atoms with Crippen molar-refractivity contribution < 1.29 is 4.39 Å². The van der Waals surface area contributed by atoms with E-state index < -0.39 is 6.67 Å². The van der Waals surface area contributed by atoms with Gasteiger partial charge in [0.1, 0.15) is 6.67 Å². The zero-order valence-electron chi connectivity index (χ0n) is 6.25. The smallest absolute Gasteiger partial charge is 0.297 e. The van der Waals surface area contributed by atoms with Crippen LogP contribution >= 0.6 is 0 Å². The Kier molecular flexibility index (Phi) is 2.36. The van der Waals surface area contributed by atoms with Crippen molar-refractivity contribution in [2.45, 2.75) is 13.5 Å². The molecule has 0 radical (unpaired) electrons. The van der Waals surface area contributed by atoms with E-state index in [4.69, 9.17) is 0 Å². The number of hydrogen-bond acceptors (Lipinski definition) is 2. The van der Waals surface area contributed by atoms with Gasteiger partial charge in [-0.1, -0.05) is 0 Å². The third kappa shape index (κ3) is 1.86. The van der Waals surface area contributed by atoms with Gasteiger partial charge in [0.2, 0.25) is 0 Å². The molecule has 11 heavy (non-hydrogen) atoms. The molecule has 1 heterocycles. The van der Waals surface area contributed by atoms with Gasteiger partial charge in [0.25, 0.3) is 0 Å². The van der Waals surface area contributed by atoms with Crippen molar-refractivity contribution in [3.8, 4) is 0 Å². The van der Waals surface area contributed by atoms with Crippen LogP contribution in [0.15, 0.2) is 17.1 Å². The number of rotatable bonds is 2. The van der Waals surface area contributed by atoms with E-state index in [1.807, 2.05) is 0 Å². The second kappa shape index (κ2) is 3.27. The van der Waals surface area contributed by atoms with Crippen LogP contribution in [0.3, 0.4) is 0 Å². The molecule has 0 atom stereocenters. The third-order valence-electron chi connectivity index (χ3n) is 1.34. The highest BCUT2D eigenvalue weighted by Crippen LogP contribution is 1.86. The molecule has 0 amide bonds. The number of halogens is 1. The van der Waals surface area contributed by atoms with Crippen LogP contribution in [-0.4, -0.2) is 16.2 Å². The van der Waals surface area contributed by atoms with Crippen LogP contribution in [0, 0.1) is 6.92 Å². The SMILES string of the molecule is Cc1ccn(CCF)c(=O)n1. The summed E-state index contributed by atoms with van der Waals surface area (Å²) in [7, 11) is 0. The van der Waals surface area contributed by atoms with Crippen LogP contribution in [0.25, 0.3) is 0 Å². The van der Waals surface area contributed by atoms with Gasteiger partial charge in [0, 0.05) is 11.9 Å². The van der Waals surface area contributed by atoms with Crippen LogP contribution < -0.4 is 5.69 Å². The molecular weight excluding hydrogens is 147 g/mol. The lowest BCUT2D eigenvalue weighted by Crippen LogP contribution is -2.23. The van der Waals surface area contributed by atoms with Crippen molar-refractivity contribution in [1.82, 2.24) is 9.55 Å². The number of hydrogen-bond donors (Lipinski definition) is 0. The fourth-order valence-electron chi connectivity index (χ4n) is 0.775. The topological polar surface area (TPSA) is 34.9 Å². The lowest BCUT2D eigenvalue weighted by atomic mass is 10.4. The van der Waals surface area contributed by atoms with E-state index in [1.54, 1.807) is 19.2 Å². The Morgan fingerprint density at radius 2 is 2.45 bits per heavy atom. The molecule has 0 aliphatic rings. The summed E-state index contributed by atoms with van der Waals surface area (Å²) in [5.41, 5.74) is 0.271. The van der Waals surface area contributed by atoms with Crippen LogP contribution in [0.4, 0.5) is 4.39 Å². The largest absolute Gasteiger partial charge is 0.347 e. The fraction of sp³-hybridized carbons (Fsp3) is 0.429. The van der Waals surface area contributed by atoms with E-state index in [2.05, 4.69) is 4.98 Å². The van der Waals surface area contributed by atoms with Crippen molar-refractivity contribution in [3.63, 3.8) is 0 Å². The molecule has 0 aromatic carbocycles. The predicted octanol–water partition coefficient (Wildman–Crippen LogP) is 0.521. The summed E-state index contributed by atoms with van der Waals surface area (Å²) in [6.45, 7) is 1.28. The third-order valence-corrected chi connectivity index (χ3v) is 1.34. The van der Waals surface area contributed by atoms with Gasteiger partial charge in [0.15, 0.2) is 0 Å². The summed E-state index contributed by atoms with van der Waals surface area (Å²) in [5.74, 6) is 0. The molecule has 0 saturated carbocycles. The Labute approximate surface area is 63.5 Å². The van der Waals surface area contributed by atoms with Crippen molar-refractivity contribution in [3.05, 3.63) is 28.4 Å². The molecule has 1 aromatic heterocycles. The quantitative estimate of drug-likeness (QED) is 0.625. The lowest BCUT2D eigenvalue weighted by Gasteiger charge is -1.99. The first-order valence-electron chi connectivity index (χ1n) is 3.34. The standard InChI is InChI=1S/C7H9FN2O/c1-6-2-4-10(5-3-8)7(11)9-6/h2,4H,3,5H2,1H3. The molecule has 0 aliphatic heterocycles. The molecule has 0 bridgehead atoms. The normalized spacial score (nSPS) is 10.0. The minimum atomic E-state index is -0.537. The summed E-state index contributed by atoms with van der Waals surface area (Å²) >= 11 is 0. The highest BCUT2D eigenvalue weighted by atomic mass is 19.1. The van der Waals surface area contributed by atoms with Crippen LogP contribution in [-0.2, 0) is 6.54 Å². The fourth-order valence-corrected chi connectivity index (χ4v) is 0.775. The summed E-state index contributed by atoms with van der Waals surface area (Å²) in [5, 5.41) is 0. The summed E-state index contributed by atoms with van der Waals surface area (Å²) in [6, 6.07) is 1.68. The molecule has 0 unspecified atom stereocenters. The molecule has 0 spiro atoms. The van der Waals surface area contributed by atoms with Crippen molar-refractivity contribution in [2.75, 3.05) is 6.67 Å². The Bertz CT molecular complexity index is 295. The maximum absolute atomic E-state index is 11.8. The van der Waals surface area contributed by atoms with Gasteiger partial charge in [0.05, 0.1) is 6.54 Å². The minimum absolute atomic E-state index is 0.0894. The van der Waals surface area contributed by atoms with E-state index in [-0.39, 0.29) is 12.2 Å². The first kappa shape index (κ1) is 7.91. The van der Waals surface area contributed by atoms with Crippen LogP contribution in [0.1, 0.15) is 5.69 Å². The summed E-state index contributed by atoms with van der Waals surface area (Å²) in [4.78, 5) is 14.5. The molecule has 4 heteroatoms. The summed E-state index contributed by atoms with van der Waals surface area (Å²) < 4.78 is 13.0. The van der Waals surface area contributed by atoms with Crippen LogP contribution in [0.5, 0.6) is 0 Å². The lowest BCUT2D eigenvalue weighted by molar-refractivity contribution is 0.436. The molecule has 1 aromatic rings. The molecular formula is C7H9FN2O. The Morgan fingerprint density at radius 1 is 1.73 bits per heavy atom. The van der Waals surface area contributed by atoms with Gasteiger partial charge in [-0.2, -0.15) is 4.98 Å². The molecule has 0 N–H and O–H groups in total. The van der Waals surface area contributed by atoms with Gasteiger partial charge in [-0.15, -0.1) is 0 Å². The molecule has 60 valence electrons. The van der Waals surface area contributed by atoms with Gasteiger partial charge < -0.3 is 0 Å². The van der Waals surface area contributed by atoms with E-state index in [0.29, 0.717) is 5.69 Å². The zero-order valence-corrected chi connectivity index (χ0v) is 6.25. The van der Waals surface area contributed by atoms with Crippen molar-refractivity contribution in [1.29, 1.82) is 0 Å². The zero-order chi connectivity index (χ0) is 8.27. The molecule has 1 rings (SSSR count). The van der Waals surface area contributed by atoms with Gasteiger partial charge in [-0.25, -0.2) is 9.18 Å². The number of aromatic nitrogens is 2. The first-order valence-corrected chi connectivity index (χ1v) is 3.34. The minimum Gasteiger partial charge on any atom is -0.297 e. The number of aryl methyl sites for hydroxylation is 2. The second-order valence-corrected chi connectivity index (χ2v) is 2.23. The Hall–Kier alpha value is -1.19. The average molecular weight is 156 g/mol. The molecule has 0 fully saturated rings. The van der Waals surface area contributed by atoms with Crippen molar-refractivity contribution in [2.24, 2.45) is 0 Å². The van der Waals surface area contributed by atoms with Gasteiger partial charge >= 0.3 is 5.69 Å². The van der Waals surface area contributed by atoms with Crippen LogP contribution in [0.2, 0.25) is 0 Å².